The quantitative estimate of drug-likeness (QED) is 0.893. The van der Waals surface area contributed by atoms with E-state index in [1.165, 1.54) is 39.7 Å². The lowest BCUT2D eigenvalue weighted by molar-refractivity contribution is 0.665. The third-order valence-corrected chi connectivity index (χ3v) is 4.48. The molecular weight excluding hydrogens is 242 g/mol. The van der Waals surface area contributed by atoms with Crippen LogP contribution in [0.25, 0.3) is 10.6 Å². The van der Waals surface area contributed by atoms with Crippen molar-refractivity contribution >= 4 is 17.2 Å². The van der Waals surface area contributed by atoms with Crippen molar-refractivity contribution in [2.45, 2.75) is 39.7 Å². The molecular formula is C14H19N3S. The van der Waals surface area contributed by atoms with Crippen LogP contribution in [0.4, 0.5) is 5.82 Å². The van der Waals surface area contributed by atoms with Gasteiger partial charge in [0.25, 0.3) is 0 Å². The number of aromatic nitrogens is 2. The Morgan fingerprint density at radius 1 is 1.39 bits per heavy atom. The lowest BCUT2D eigenvalue weighted by Gasteiger charge is -2.06. The molecule has 96 valence electrons. The molecule has 3 heterocycles. The zero-order valence-electron chi connectivity index (χ0n) is 11.0. The van der Waals surface area contributed by atoms with E-state index in [0.717, 1.165) is 19.5 Å². The second-order valence-electron chi connectivity index (χ2n) is 4.79. The first-order valence-corrected chi connectivity index (χ1v) is 7.51. The van der Waals surface area contributed by atoms with Gasteiger partial charge in [0.2, 0.25) is 0 Å². The van der Waals surface area contributed by atoms with E-state index in [1.54, 1.807) is 0 Å². The third-order valence-electron chi connectivity index (χ3n) is 3.47. The highest BCUT2D eigenvalue weighted by Gasteiger charge is 2.20. The van der Waals surface area contributed by atoms with E-state index in [1.807, 2.05) is 11.3 Å². The van der Waals surface area contributed by atoms with Crippen molar-refractivity contribution in [3.05, 3.63) is 22.6 Å². The maximum atomic E-state index is 4.80. The minimum atomic E-state index is 0.930. The smallest absolute Gasteiger partial charge is 0.128 e. The summed E-state index contributed by atoms with van der Waals surface area (Å²) in [6.07, 6.45) is 3.66. The molecule has 4 heteroatoms. The van der Waals surface area contributed by atoms with Gasteiger partial charge in [0.1, 0.15) is 11.5 Å². The van der Waals surface area contributed by atoms with Crippen LogP contribution >= 0.6 is 11.3 Å². The van der Waals surface area contributed by atoms with Crippen molar-refractivity contribution in [3.8, 4) is 10.6 Å². The molecule has 2 aromatic heterocycles. The Bertz CT molecular complexity index is 553. The van der Waals surface area contributed by atoms with Gasteiger partial charge in [0.15, 0.2) is 0 Å². The number of hydrogen-bond acceptors (Lipinski definition) is 3. The maximum absolute atomic E-state index is 4.80. The van der Waals surface area contributed by atoms with Crippen LogP contribution in [0.1, 0.15) is 30.2 Å². The Kier molecular flexibility index (Phi) is 3.12. The van der Waals surface area contributed by atoms with Crippen LogP contribution in [-0.4, -0.2) is 16.3 Å². The number of rotatable bonds is 2. The molecule has 0 spiro atoms. The van der Waals surface area contributed by atoms with E-state index in [9.17, 15) is 0 Å². The fraction of sp³-hybridized carbons (Fsp3) is 0.500. The van der Waals surface area contributed by atoms with Crippen molar-refractivity contribution in [2.24, 2.45) is 0 Å². The molecule has 0 bridgehead atoms. The average molecular weight is 261 g/mol. The molecule has 0 atom stereocenters. The minimum absolute atomic E-state index is 0.930. The predicted octanol–water partition coefficient (Wildman–Crippen LogP) is 3.69. The van der Waals surface area contributed by atoms with Gasteiger partial charge in [-0.1, -0.05) is 0 Å². The third kappa shape index (κ3) is 1.94. The first kappa shape index (κ1) is 11.8. The number of anilines is 1. The average Bonchev–Trinajstić information content (AvgIpc) is 2.85. The summed E-state index contributed by atoms with van der Waals surface area (Å²) in [4.78, 5) is 2.66. The normalized spacial score (nSPS) is 15.0. The molecule has 0 saturated heterocycles. The lowest BCUT2D eigenvalue weighted by Crippen LogP contribution is -2.07. The number of aryl methyl sites for hydroxylation is 2. The summed E-state index contributed by atoms with van der Waals surface area (Å²) in [5, 5.41) is 8.35. The van der Waals surface area contributed by atoms with Gasteiger partial charge >= 0.3 is 0 Å². The lowest BCUT2D eigenvalue weighted by atomic mass is 10.1. The Labute approximate surface area is 112 Å². The number of hydrogen-bond donors (Lipinski definition) is 1. The van der Waals surface area contributed by atoms with Crippen LogP contribution in [0.2, 0.25) is 0 Å². The zero-order chi connectivity index (χ0) is 12.5. The van der Waals surface area contributed by atoms with Gasteiger partial charge in [-0.25, -0.2) is 4.68 Å². The van der Waals surface area contributed by atoms with E-state index < -0.39 is 0 Å². The standard InChI is InChI=1S/C14H19N3S/c1-3-17-14-11(6-4-5-9-15-14)13(16-17)12-8-7-10(2)18-12/h7-8,15H,3-6,9H2,1-2H3. The zero-order valence-corrected chi connectivity index (χ0v) is 11.8. The highest BCUT2D eigenvalue weighted by Crippen LogP contribution is 2.35. The van der Waals surface area contributed by atoms with Crippen molar-refractivity contribution < 1.29 is 0 Å². The molecule has 1 aliphatic rings. The summed E-state index contributed by atoms with van der Waals surface area (Å²) >= 11 is 1.84. The molecule has 0 fully saturated rings. The predicted molar refractivity (Wildman–Crippen MR) is 77.4 cm³/mol. The van der Waals surface area contributed by atoms with Gasteiger partial charge in [-0.05, 0) is 45.2 Å². The molecule has 1 aliphatic heterocycles. The number of fused-ring (bicyclic) bond motifs is 1. The molecule has 3 rings (SSSR count). The molecule has 3 nitrogen and oxygen atoms in total. The topological polar surface area (TPSA) is 29.9 Å². The van der Waals surface area contributed by atoms with E-state index in [-0.39, 0.29) is 0 Å². The summed E-state index contributed by atoms with van der Waals surface area (Å²) in [6, 6.07) is 4.38. The summed E-state index contributed by atoms with van der Waals surface area (Å²) in [7, 11) is 0. The van der Waals surface area contributed by atoms with Crippen LogP contribution < -0.4 is 5.32 Å². The van der Waals surface area contributed by atoms with E-state index in [0.29, 0.717) is 0 Å². The van der Waals surface area contributed by atoms with E-state index >= 15 is 0 Å². The molecule has 0 radical (unpaired) electrons. The SMILES string of the molecule is CCn1nc(-c2ccc(C)s2)c2c1NCCCC2. The second kappa shape index (κ2) is 4.76. The molecule has 0 saturated carbocycles. The van der Waals surface area contributed by atoms with Crippen molar-refractivity contribution in [1.82, 2.24) is 9.78 Å². The molecule has 0 aliphatic carbocycles. The van der Waals surface area contributed by atoms with Crippen molar-refractivity contribution in [2.75, 3.05) is 11.9 Å². The van der Waals surface area contributed by atoms with Crippen LogP contribution in [0.15, 0.2) is 12.1 Å². The summed E-state index contributed by atoms with van der Waals surface area (Å²) in [6.45, 7) is 6.31. The Morgan fingerprint density at radius 3 is 3.00 bits per heavy atom. The molecule has 1 N–H and O–H groups in total. The molecule has 18 heavy (non-hydrogen) atoms. The first-order valence-electron chi connectivity index (χ1n) is 6.70. The summed E-state index contributed by atoms with van der Waals surface area (Å²) in [5.74, 6) is 1.25. The molecule has 0 amide bonds. The Morgan fingerprint density at radius 2 is 2.28 bits per heavy atom. The number of nitrogens with zero attached hydrogens (tertiary/aromatic N) is 2. The van der Waals surface area contributed by atoms with Gasteiger partial charge in [0.05, 0.1) is 4.88 Å². The maximum Gasteiger partial charge on any atom is 0.128 e. The fourth-order valence-corrected chi connectivity index (χ4v) is 3.44. The molecule has 0 aromatic carbocycles. The van der Waals surface area contributed by atoms with Crippen LogP contribution in [0, 0.1) is 6.92 Å². The van der Waals surface area contributed by atoms with Crippen LogP contribution in [0.5, 0.6) is 0 Å². The van der Waals surface area contributed by atoms with E-state index in [4.69, 9.17) is 5.10 Å². The Balaban J connectivity index is 2.12. The Hall–Kier alpha value is -1.29. The van der Waals surface area contributed by atoms with E-state index in [2.05, 4.69) is 36.0 Å². The highest BCUT2D eigenvalue weighted by atomic mass is 32.1. The van der Waals surface area contributed by atoms with Gasteiger partial charge in [-0.3, -0.25) is 0 Å². The summed E-state index contributed by atoms with van der Waals surface area (Å²) in [5.41, 5.74) is 2.61. The number of thiophene rings is 1. The second-order valence-corrected chi connectivity index (χ2v) is 6.07. The fourth-order valence-electron chi connectivity index (χ4n) is 2.56. The van der Waals surface area contributed by atoms with Gasteiger partial charge in [0, 0.05) is 23.5 Å². The van der Waals surface area contributed by atoms with Gasteiger partial charge in [-0.2, -0.15) is 5.10 Å². The minimum Gasteiger partial charge on any atom is -0.370 e. The summed E-state index contributed by atoms with van der Waals surface area (Å²) < 4.78 is 2.12. The molecule has 2 aromatic rings. The number of nitrogens with one attached hydrogen (secondary N) is 1. The first-order chi connectivity index (χ1) is 8.79. The van der Waals surface area contributed by atoms with Gasteiger partial charge < -0.3 is 5.32 Å². The van der Waals surface area contributed by atoms with Crippen molar-refractivity contribution in [3.63, 3.8) is 0 Å². The van der Waals surface area contributed by atoms with Crippen LogP contribution in [0.3, 0.4) is 0 Å². The van der Waals surface area contributed by atoms with Crippen LogP contribution in [-0.2, 0) is 13.0 Å². The largest absolute Gasteiger partial charge is 0.370 e. The molecule has 0 unspecified atom stereocenters. The van der Waals surface area contributed by atoms with Gasteiger partial charge in [-0.15, -0.1) is 11.3 Å². The monoisotopic (exact) mass is 261 g/mol. The van der Waals surface area contributed by atoms with Crippen molar-refractivity contribution in [1.29, 1.82) is 0 Å². The highest BCUT2D eigenvalue weighted by molar-refractivity contribution is 7.15.